The van der Waals surface area contributed by atoms with Crippen molar-refractivity contribution < 1.29 is 4.57 Å². The van der Waals surface area contributed by atoms with Gasteiger partial charge in [-0.15, -0.1) is 0 Å². The van der Waals surface area contributed by atoms with Gasteiger partial charge in [-0.05, 0) is 32.1 Å². The predicted octanol–water partition coefficient (Wildman–Crippen LogP) is 10.7. The third-order valence-electron chi connectivity index (χ3n) is 7.85. The van der Waals surface area contributed by atoms with Crippen LogP contribution in [0, 0.1) is 0 Å². The minimum Gasteiger partial charge on any atom is -0.234 e. The molecule has 0 saturated carbocycles. The van der Waals surface area contributed by atoms with Crippen LogP contribution >= 0.6 is 0 Å². The molecule has 0 saturated heterocycles. The Balaban J connectivity index is 2.29. The molecule has 0 bridgehead atoms. The van der Waals surface area contributed by atoms with E-state index in [1.165, 1.54) is 174 Å². The van der Waals surface area contributed by atoms with Gasteiger partial charge in [-0.1, -0.05) is 143 Å². The van der Waals surface area contributed by atoms with Crippen LogP contribution in [-0.2, 0) is 19.5 Å². The number of imidazole rings is 1. The predicted molar refractivity (Wildman–Crippen MR) is 156 cm³/mol. The molecule has 0 unspecified atom stereocenters. The van der Waals surface area contributed by atoms with Crippen LogP contribution in [0.25, 0.3) is 0 Å². The van der Waals surface area contributed by atoms with E-state index in [0.29, 0.717) is 0 Å². The summed E-state index contributed by atoms with van der Waals surface area (Å²) in [6.45, 7) is 9.38. The lowest BCUT2D eigenvalue weighted by molar-refractivity contribution is -0.704. The van der Waals surface area contributed by atoms with Gasteiger partial charge in [0.25, 0.3) is 5.82 Å². The molecule has 1 heterocycles. The van der Waals surface area contributed by atoms with Gasteiger partial charge in [0.1, 0.15) is 12.4 Å². The summed E-state index contributed by atoms with van der Waals surface area (Å²) in [6.07, 6.45) is 40.0. The quantitative estimate of drug-likeness (QED) is 0.0858. The number of nitrogens with zero attached hydrogens (tertiary/aromatic N) is 2. The van der Waals surface area contributed by atoms with Crippen molar-refractivity contribution in [2.45, 2.75) is 194 Å². The summed E-state index contributed by atoms with van der Waals surface area (Å²) >= 11 is 0. The van der Waals surface area contributed by atoms with Crippen LogP contribution in [-0.4, -0.2) is 4.57 Å². The molecule has 1 aromatic heterocycles. The third kappa shape index (κ3) is 18.2. The first-order chi connectivity index (χ1) is 17.3. The zero-order chi connectivity index (χ0) is 25.2. The average molecular weight is 490 g/mol. The maximum Gasteiger partial charge on any atom is 0.256 e. The zero-order valence-electron chi connectivity index (χ0n) is 24.6. The molecule has 0 radical (unpaired) electrons. The summed E-state index contributed by atoms with van der Waals surface area (Å²) in [6, 6.07) is 0. The fourth-order valence-electron chi connectivity index (χ4n) is 5.44. The van der Waals surface area contributed by atoms with Gasteiger partial charge in [0.05, 0.1) is 13.1 Å². The first kappa shape index (κ1) is 32.2. The molecule has 0 aliphatic rings. The monoisotopic (exact) mass is 490 g/mol. The smallest absolute Gasteiger partial charge is 0.234 e. The van der Waals surface area contributed by atoms with Crippen LogP contribution in [0.15, 0.2) is 12.4 Å². The molecule has 1 rings (SSSR count). The lowest BCUT2D eigenvalue weighted by atomic mass is 10.0. The van der Waals surface area contributed by atoms with Crippen molar-refractivity contribution in [2.24, 2.45) is 0 Å². The molecular weight excluding hydrogens is 424 g/mol. The molecular formula is C33H65N2+. The van der Waals surface area contributed by atoms with Crippen molar-refractivity contribution in [3.63, 3.8) is 0 Å². The molecule has 0 atom stereocenters. The maximum absolute atomic E-state index is 2.61. The Bertz CT molecular complexity index is 547. The summed E-state index contributed by atoms with van der Waals surface area (Å²) in [4.78, 5) is 0. The van der Waals surface area contributed by atoms with Crippen molar-refractivity contribution in [1.29, 1.82) is 0 Å². The average Bonchev–Trinajstić information content (AvgIpc) is 3.25. The van der Waals surface area contributed by atoms with Crippen molar-refractivity contribution in [3.05, 3.63) is 18.2 Å². The Morgan fingerprint density at radius 3 is 1.37 bits per heavy atom. The Kier molecular flexibility index (Phi) is 22.9. The SMILES string of the molecule is CCCCCCCCCCCCCCc1n(CCCCCCCCC)cc[n+]1CCCCCCC. The van der Waals surface area contributed by atoms with E-state index in [2.05, 4.69) is 42.3 Å². The second-order valence-corrected chi connectivity index (χ2v) is 11.3. The van der Waals surface area contributed by atoms with Crippen molar-refractivity contribution in [2.75, 3.05) is 0 Å². The minimum absolute atomic E-state index is 1.22. The molecule has 0 N–H and O–H groups in total. The molecule has 35 heavy (non-hydrogen) atoms. The Morgan fingerprint density at radius 1 is 0.486 bits per heavy atom. The first-order valence-corrected chi connectivity index (χ1v) is 16.4. The number of aromatic nitrogens is 2. The molecule has 0 spiro atoms. The van der Waals surface area contributed by atoms with E-state index >= 15 is 0 Å². The van der Waals surface area contributed by atoms with Crippen LogP contribution in [0.4, 0.5) is 0 Å². The van der Waals surface area contributed by atoms with Gasteiger partial charge in [-0.25, -0.2) is 9.13 Å². The lowest BCUT2D eigenvalue weighted by Gasteiger charge is -2.07. The van der Waals surface area contributed by atoms with Gasteiger partial charge in [0, 0.05) is 6.42 Å². The Labute approximate surface area is 221 Å². The Hall–Kier alpha value is -0.790. The van der Waals surface area contributed by atoms with Gasteiger partial charge in [-0.2, -0.15) is 0 Å². The number of aryl methyl sites for hydroxylation is 2. The van der Waals surface area contributed by atoms with Gasteiger partial charge in [0.2, 0.25) is 0 Å². The number of rotatable bonds is 27. The van der Waals surface area contributed by atoms with Crippen molar-refractivity contribution in [3.8, 4) is 0 Å². The molecule has 2 nitrogen and oxygen atoms in total. The highest BCUT2D eigenvalue weighted by Gasteiger charge is 2.16. The maximum atomic E-state index is 2.61. The molecule has 1 aromatic rings. The van der Waals surface area contributed by atoms with Gasteiger partial charge in [-0.3, -0.25) is 0 Å². The van der Waals surface area contributed by atoms with E-state index in [-0.39, 0.29) is 0 Å². The largest absolute Gasteiger partial charge is 0.256 e. The van der Waals surface area contributed by atoms with Crippen molar-refractivity contribution in [1.82, 2.24) is 4.57 Å². The lowest BCUT2D eigenvalue weighted by Crippen LogP contribution is -2.37. The molecule has 2 heteroatoms. The van der Waals surface area contributed by atoms with E-state index in [0.717, 1.165) is 0 Å². The standard InChI is InChI=1S/C33H65N2/c1-4-7-10-13-15-16-17-18-19-20-22-25-28-33-34(29-26-23-12-9-6-3)31-32-35(33)30-27-24-21-14-11-8-5-2/h31-32H,4-30H2,1-3H3/q+1. The summed E-state index contributed by atoms with van der Waals surface area (Å²) in [7, 11) is 0. The van der Waals surface area contributed by atoms with E-state index in [1.54, 1.807) is 5.82 Å². The highest BCUT2D eigenvalue weighted by Crippen LogP contribution is 2.14. The summed E-state index contributed by atoms with van der Waals surface area (Å²) in [5.41, 5.74) is 0. The Morgan fingerprint density at radius 2 is 0.886 bits per heavy atom. The minimum atomic E-state index is 1.22. The van der Waals surface area contributed by atoms with E-state index < -0.39 is 0 Å². The van der Waals surface area contributed by atoms with Crippen LogP contribution in [0.2, 0.25) is 0 Å². The fraction of sp³-hybridized carbons (Fsp3) is 0.909. The molecule has 0 aliphatic carbocycles. The second-order valence-electron chi connectivity index (χ2n) is 11.3. The summed E-state index contributed by atoms with van der Waals surface area (Å²) in [5, 5.41) is 0. The molecule has 0 fully saturated rings. The topological polar surface area (TPSA) is 8.81 Å². The fourth-order valence-corrected chi connectivity index (χ4v) is 5.44. The number of unbranched alkanes of at least 4 members (excludes halogenated alkanes) is 21. The van der Waals surface area contributed by atoms with Crippen LogP contribution < -0.4 is 4.57 Å². The van der Waals surface area contributed by atoms with E-state index in [4.69, 9.17) is 0 Å². The first-order valence-electron chi connectivity index (χ1n) is 16.4. The van der Waals surface area contributed by atoms with Crippen LogP contribution in [0.3, 0.4) is 0 Å². The van der Waals surface area contributed by atoms with Gasteiger partial charge >= 0.3 is 0 Å². The van der Waals surface area contributed by atoms with Crippen LogP contribution in [0.5, 0.6) is 0 Å². The molecule has 0 aromatic carbocycles. The molecule has 206 valence electrons. The van der Waals surface area contributed by atoms with E-state index in [1.807, 2.05) is 0 Å². The van der Waals surface area contributed by atoms with Gasteiger partial charge < -0.3 is 0 Å². The zero-order valence-corrected chi connectivity index (χ0v) is 24.6. The van der Waals surface area contributed by atoms with Crippen molar-refractivity contribution >= 4 is 0 Å². The van der Waals surface area contributed by atoms with E-state index in [9.17, 15) is 0 Å². The van der Waals surface area contributed by atoms with Gasteiger partial charge in [0.15, 0.2) is 0 Å². The summed E-state index contributed by atoms with van der Waals surface area (Å²) < 4.78 is 5.21. The van der Waals surface area contributed by atoms with Crippen LogP contribution in [0.1, 0.15) is 181 Å². The second kappa shape index (κ2) is 24.9. The third-order valence-corrected chi connectivity index (χ3v) is 7.85. The summed E-state index contributed by atoms with van der Waals surface area (Å²) in [5.74, 6) is 1.61. The highest BCUT2D eigenvalue weighted by molar-refractivity contribution is 4.84. The normalized spacial score (nSPS) is 11.5. The highest BCUT2D eigenvalue weighted by atomic mass is 15.1. The number of hydrogen-bond donors (Lipinski definition) is 0. The molecule has 0 amide bonds. The molecule has 0 aliphatic heterocycles. The number of hydrogen-bond acceptors (Lipinski definition) is 0.